The summed E-state index contributed by atoms with van der Waals surface area (Å²) in [6, 6.07) is 0. The number of rotatable bonds is 8. The molecule has 2 nitrogen and oxygen atoms in total. The molecule has 0 aliphatic heterocycles. The first-order chi connectivity index (χ1) is 7.52. The van der Waals surface area contributed by atoms with Gasteiger partial charge in [-0.25, -0.2) is 0 Å². The average Bonchev–Trinajstić information content (AvgIpc) is 2.27. The van der Waals surface area contributed by atoms with E-state index in [1.807, 2.05) is 13.0 Å². The predicted octanol–water partition coefficient (Wildman–Crippen LogP) is 2.98. The zero-order chi connectivity index (χ0) is 12.4. The van der Waals surface area contributed by atoms with E-state index < -0.39 is 5.60 Å². The summed E-state index contributed by atoms with van der Waals surface area (Å²) < 4.78 is 0. The van der Waals surface area contributed by atoms with Gasteiger partial charge in [0.2, 0.25) is 0 Å². The van der Waals surface area contributed by atoms with Gasteiger partial charge in [-0.2, -0.15) is 0 Å². The van der Waals surface area contributed by atoms with Crippen LogP contribution < -0.4 is 0 Å². The molecule has 0 aromatic carbocycles. The molecule has 2 N–H and O–H groups in total. The number of aliphatic hydroxyl groups is 2. The fraction of sp³-hybridized carbons (Fsp3) is 0.571. The lowest BCUT2D eigenvalue weighted by Gasteiger charge is -2.16. The topological polar surface area (TPSA) is 40.5 Å². The summed E-state index contributed by atoms with van der Waals surface area (Å²) >= 11 is 0. The van der Waals surface area contributed by atoms with Crippen LogP contribution in [0.5, 0.6) is 0 Å². The normalized spacial score (nSPS) is 16.4. The van der Waals surface area contributed by atoms with E-state index in [9.17, 15) is 5.11 Å². The van der Waals surface area contributed by atoms with E-state index in [2.05, 4.69) is 18.7 Å². The zero-order valence-electron chi connectivity index (χ0n) is 10.4. The van der Waals surface area contributed by atoms with E-state index in [0.717, 1.165) is 24.8 Å². The van der Waals surface area contributed by atoms with Gasteiger partial charge in [0.25, 0.3) is 0 Å². The first-order valence-corrected chi connectivity index (χ1v) is 5.79. The second-order valence-corrected chi connectivity index (χ2v) is 4.36. The van der Waals surface area contributed by atoms with E-state index in [1.165, 1.54) is 0 Å². The Bertz CT molecular complexity index is 249. The van der Waals surface area contributed by atoms with Crippen LogP contribution in [-0.2, 0) is 0 Å². The van der Waals surface area contributed by atoms with Crippen molar-refractivity contribution in [2.24, 2.45) is 0 Å². The van der Waals surface area contributed by atoms with E-state index in [0.29, 0.717) is 6.42 Å². The standard InChI is InChI=1S/C14H24O2/c1-4-14(3,16)11-9-7-5-6-8-10-13(2)12-15/h4-5,7,10,15-16H,1,6,8-9,11-12H2,2-3H3/b7-5+,13-10+/t14-/m1/s1. The number of unbranched alkanes of at least 4 members (excludes halogenated alkanes) is 1. The van der Waals surface area contributed by atoms with Crippen molar-refractivity contribution in [2.75, 3.05) is 6.61 Å². The number of hydrogen-bond acceptors (Lipinski definition) is 2. The summed E-state index contributed by atoms with van der Waals surface area (Å²) in [6.45, 7) is 7.42. The van der Waals surface area contributed by atoms with Crippen molar-refractivity contribution in [3.8, 4) is 0 Å². The van der Waals surface area contributed by atoms with Crippen LogP contribution in [0.3, 0.4) is 0 Å². The smallest absolute Gasteiger partial charge is 0.0800 e. The SMILES string of the molecule is C=C[C@@](C)(O)CC/C=C/CC/C=C(\C)CO. The molecular formula is C14H24O2. The van der Waals surface area contributed by atoms with Gasteiger partial charge in [-0.1, -0.05) is 29.9 Å². The second kappa shape index (κ2) is 8.31. The second-order valence-electron chi connectivity index (χ2n) is 4.36. The van der Waals surface area contributed by atoms with Crippen LogP contribution in [0.4, 0.5) is 0 Å². The molecule has 92 valence electrons. The summed E-state index contributed by atoms with van der Waals surface area (Å²) in [5.74, 6) is 0. The molecule has 0 amide bonds. The lowest BCUT2D eigenvalue weighted by atomic mass is 10.0. The number of hydrogen-bond donors (Lipinski definition) is 2. The van der Waals surface area contributed by atoms with Crippen LogP contribution in [0.25, 0.3) is 0 Å². The Morgan fingerprint density at radius 1 is 1.25 bits per heavy atom. The molecule has 0 aromatic rings. The molecule has 0 aromatic heterocycles. The maximum absolute atomic E-state index is 9.64. The van der Waals surface area contributed by atoms with Gasteiger partial charge in [0.1, 0.15) is 0 Å². The molecule has 0 heterocycles. The highest BCUT2D eigenvalue weighted by atomic mass is 16.3. The van der Waals surface area contributed by atoms with Gasteiger partial charge >= 0.3 is 0 Å². The molecule has 1 atom stereocenters. The Morgan fingerprint density at radius 3 is 2.44 bits per heavy atom. The summed E-state index contributed by atoms with van der Waals surface area (Å²) in [7, 11) is 0. The Labute approximate surface area is 99.0 Å². The quantitative estimate of drug-likeness (QED) is 0.491. The van der Waals surface area contributed by atoms with Gasteiger partial charge in [0.15, 0.2) is 0 Å². The molecule has 0 rings (SSSR count). The molecule has 0 bridgehead atoms. The first kappa shape index (κ1) is 15.1. The van der Waals surface area contributed by atoms with E-state index >= 15 is 0 Å². The van der Waals surface area contributed by atoms with Crippen LogP contribution in [-0.4, -0.2) is 22.4 Å². The van der Waals surface area contributed by atoms with Crippen LogP contribution in [0.15, 0.2) is 36.5 Å². The fourth-order valence-corrected chi connectivity index (χ4v) is 1.20. The highest BCUT2D eigenvalue weighted by molar-refractivity contribution is 4.99. The van der Waals surface area contributed by atoms with Crippen molar-refractivity contribution < 1.29 is 10.2 Å². The Balaban J connectivity index is 3.60. The highest BCUT2D eigenvalue weighted by Crippen LogP contribution is 2.13. The van der Waals surface area contributed by atoms with E-state index in [1.54, 1.807) is 13.0 Å². The van der Waals surface area contributed by atoms with Crippen LogP contribution in [0.1, 0.15) is 39.5 Å². The predicted molar refractivity (Wildman–Crippen MR) is 69.3 cm³/mol. The van der Waals surface area contributed by atoms with Crippen molar-refractivity contribution in [1.82, 2.24) is 0 Å². The summed E-state index contributed by atoms with van der Waals surface area (Å²) in [5, 5.41) is 18.4. The van der Waals surface area contributed by atoms with Crippen molar-refractivity contribution in [1.29, 1.82) is 0 Å². The Hall–Kier alpha value is -0.860. The van der Waals surface area contributed by atoms with Crippen molar-refractivity contribution in [3.05, 3.63) is 36.5 Å². The van der Waals surface area contributed by atoms with Crippen LogP contribution >= 0.6 is 0 Å². The summed E-state index contributed by atoms with van der Waals surface area (Å²) in [4.78, 5) is 0. The molecule has 0 saturated carbocycles. The molecule has 0 spiro atoms. The molecule has 0 aliphatic carbocycles. The lowest BCUT2D eigenvalue weighted by Crippen LogP contribution is -2.19. The third-order valence-electron chi connectivity index (χ3n) is 2.50. The zero-order valence-corrected chi connectivity index (χ0v) is 10.4. The number of allylic oxidation sites excluding steroid dienone is 3. The molecule has 0 unspecified atom stereocenters. The molecule has 16 heavy (non-hydrogen) atoms. The molecule has 0 fully saturated rings. The maximum atomic E-state index is 9.64. The third-order valence-corrected chi connectivity index (χ3v) is 2.50. The van der Waals surface area contributed by atoms with Crippen molar-refractivity contribution in [2.45, 2.75) is 45.1 Å². The van der Waals surface area contributed by atoms with Crippen LogP contribution in [0.2, 0.25) is 0 Å². The minimum Gasteiger partial charge on any atom is -0.392 e. The van der Waals surface area contributed by atoms with Gasteiger partial charge < -0.3 is 10.2 Å². The molecule has 0 saturated heterocycles. The van der Waals surface area contributed by atoms with Gasteiger partial charge in [-0.3, -0.25) is 0 Å². The van der Waals surface area contributed by atoms with Crippen molar-refractivity contribution >= 4 is 0 Å². The Morgan fingerprint density at radius 2 is 1.88 bits per heavy atom. The van der Waals surface area contributed by atoms with E-state index in [4.69, 9.17) is 5.11 Å². The van der Waals surface area contributed by atoms with Crippen molar-refractivity contribution in [3.63, 3.8) is 0 Å². The van der Waals surface area contributed by atoms with Gasteiger partial charge in [0.05, 0.1) is 12.2 Å². The summed E-state index contributed by atoms with van der Waals surface area (Å²) in [5.41, 5.74) is 0.264. The molecule has 2 heteroatoms. The Kier molecular flexibility index (Phi) is 7.86. The average molecular weight is 224 g/mol. The molecule has 0 aliphatic rings. The summed E-state index contributed by atoms with van der Waals surface area (Å²) in [6.07, 6.45) is 11.3. The minimum atomic E-state index is -0.752. The monoisotopic (exact) mass is 224 g/mol. The number of aliphatic hydroxyl groups excluding tert-OH is 1. The molecular weight excluding hydrogens is 200 g/mol. The maximum Gasteiger partial charge on any atom is 0.0800 e. The lowest BCUT2D eigenvalue weighted by molar-refractivity contribution is 0.103. The van der Waals surface area contributed by atoms with Gasteiger partial charge in [0, 0.05) is 0 Å². The van der Waals surface area contributed by atoms with E-state index in [-0.39, 0.29) is 6.61 Å². The first-order valence-electron chi connectivity index (χ1n) is 5.79. The third kappa shape index (κ3) is 8.45. The van der Waals surface area contributed by atoms with Gasteiger partial charge in [-0.15, -0.1) is 6.58 Å². The van der Waals surface area contributed by atoms with Crippen LogP contribution in [0, 0.1) is 0 Å². The highest BCUT2D eigenvalue weighted by Gasteiger charge is 2.12. The fourth-order valence-electron chi connectivity index (χ4n) is 1.20. The van der Waals surface area contributed by atoms with Gasteiger partial charge in [-0.05, 0) is 39.5 Å². The molecule has 0 radical (unpaired) electrons. The minimum absolute atomic E-state index is 0.145. The largest absolute Gasteiger partial charge is 0.392 e.